The number of pyridine rings is 1. The highest BCUT2D eigenvalue weighted by molar-refractivity contribution is 5.60. The van der Waals surface area contributed by atoms with Gasteiger partial charge in [-0.25, -0.2) is 14.4 Å². The zero-order valence-corrected chi connectivity index (χ0v) is 14.7. The highest BCUT2D eigenvalue weighted by Crippen LogP contribution is 2.24. The molecule has 0 atom stereocenters. The van der Waals surface area contributed by atoms with E-state index in [0.29, 0.717) is 17.0 Å². The van der Waals surface area contributed by atoms with Crippen LogP contribution in [0.5, 0.6) is 0 Å². The van der Waals surface area contributed by atoms with Crippen LogP contribution in [0.15, 0.2) is 65.8 Å². The van der Waals surface area contributed by atoms with Crippen molar-refractivity contribution in [2.45, 2.75) is 6.54 Å². The van der Waals surface area contributed by atoms with Crippen LogP contribution in [0.2, 0.25) is 0 Å². The van der Waals surface area contributed by atoms with E-state index in [2.05, 4.69) is 20.1 Å². The summed E-state index contributed by atoms with van der Waals surface area (Å²) in [6.07, 6.45) is 7.13. The number of hydrogen-bond donors (Lipinski definition) is 0. The summed E-state index contributed by atoms with van der Waals surface area (Å²) in [6, 6.07) is 10.1. The third-order valence-electron chi connectivity index (χ3n) is 4.18. The Kier molecular flexibility index (Phi) is 4.61. The molecule has 0 unspecified atom stereocenters. The van der Waals surface area contributed by atoms with E-state index >= 15 is 0 Å². The lowest BCUT2D eigenvalue weighted by Gasteiger charge is -2.18. The Morgan fingerprint density at radius 2 is 2.07 bits per heavy atom. The minimum atomic E-state index is -0.391. The zero-order valence-electron chi connectivity index (χ0n) is 14.7. The summed E-state index contributed by atoms with van der Waals surface area (Å²) in [5.74, 6) is 0.948. The maximum absolute atomic E-state index is 13.9. The molecule has 0 N–H and O–H groups in total. The first kappa shape index (κ1) is 16.9. The van der Waals surface area contributed by atoms with Gasteiger partial charge >= 0.3 is 0 Å². The monoisotopic (exact) mass is 364 g/mol. The van der Waals surface area contributed by atoms with Crippen molar-refractivity contribution in [2.75, 3.05) is 18.5 Å². The number of likely N-dealkylation sites (N-methyl/N-ethyl adjacent to an activating group) is 1. The largest absolute Gasteiger partial charge is 0.358 e. The van der Waals surface area contributed by atoms with E-state index < -0.39 is 5.82 Å². The summed E-state index contributed by atoms with van der Waals surface area (Å²) >= 11 is 0. The summed E-state index contributed by atoms with van der Waals surface area (Å²) < 4.78 is 21.1. The molecule has 0 radical (unpaired) electrons. The van der Waals surface area contributed by atoms with Crippen LogP contribution in [0, 0.1) is 5.82 Å². The van der Waals surface area contributed by atoms with Crippen molar-refractivity contribution in [1.29, 1.82) is 0 Å². The average Bonchev–Trinajstić information content (AvgIpc) is 3.39. The molecule has 8 heteroatoms. The fourth-order valence-corrected chi connectivity index (χ4v) is 2.63. The van der Waals surface area contributed by atoms with Gasteiger partial charge in [-0.3, -0.25) is 0 Å². The number of aromatic nitrogens is 5. The fourth-order valence-electron chi connectivity index (χ4n) is 2.63. The van der Waals surface area contributed by atoms with Crippen molar-refractivity contribution < 1.29 is 8.91 Å². The number of benzene rings is 1. The summed E-state index contributed by atoms with van der Waals surface area (Å²) in [6.45, 7) is 1.61. The first-order chi connectivity index (χ1) is 13.2. The summed E-state index contributed by atoms with van der Waals surface area (Å²) in [5, 5.41) is 3.87. The van der Waals surface area contributed by atoms with E-state index in [-0.39, 0.29) is 5.82 Å². The highest BCUT2D eigenvalue weighted by atomic mass is 19.1. The van der Waals surface area contributed by atoms with Gasteiger partial charge in [0.25, 0.3) is 5.89 Å². The van der Waals surface area contributed by atoms with Gasteiger partial charge in [0, 0.05) is 38.7 Å². The molecular formula is C19H17FN6O. The van der Waals surface area contributed by atoms with Crippen molar-refractivity contribution in [3.63, 3.8) is 0 Å². The smallest absolute Gasteiger partial charge is 0.259 e. The molecule has 136 valence electrons. The van der Waals surface area contributed by atoms with Crippen molar-refractivity contribution in [2.24, 2.45) is 0 Å². The highest BCUT2D eigenvalue weighted by Gasteiger charge is 2.14. The van der Waals surface area contributed by atoms with Gasteiger partial charge in [-0.1, -0.05) is 17.3 Å². The first-order valence-corrected chi connectivity index (χ1v) is 8.42. The number of imidazole rings is 1. The Morgan fingerprint density at radius 3 is 2.81 bits per heavy atom. The van der Waals surface area contributed by atoms with Gasteiger partial charge in [-0.2, -0.15) is 4.98 Å². The lowest BCUT2D eigenvalue weighted by atomic mass is 10.2. The first-order valence-electron chi connectivity index (χ1n) is 8.42. The molecule has 4 aromatic rings. The van der Waals surface area contributed by atoms with E-state index in [1.54, 1.807) is 36.9 Å². The number of rotatable bonds is 6. The van der Waals surface area contributed by atoms with Crippen molar-refractivity contribution in [1.82, 2.24) is 24.7 Å². The van der Waals surface area contributed by atoms with Crippen LogP contribution in [-0.2, 0) is 6.54 Å². The molecule has 3 heterocycles. The Bertz CT molecular complexity index is 1010. The third kappa shape index (κ3) is 3.69. The predicted molar refractivity (Wildman–Crippen MR) is 98.4 cm³/mol. The Balaban J connectivity index is 1.47. The van der Waals surface area contributed by atoms with Gasteiger partial charge in [-0.05, 0) is 24.3 Å². The molecule has 0 bridgehead atoms. The van der Waals surface area contributed by atoms with Gasteiger partial charge in [0.15, 0.2) is 0 Å². The normalized spacial score (nSPS) is 10.9. The fraction of sp³-hybridized carbons (Fsp3) is 0.158. The van der Waals surface area contributed by atoms with E-state index in [4.69, 9.17) is 4.52 Å². The lowest BCUT2D eigenvalue weighted by Crippen LogP contribution is -2.23. The molecule has 0 saturated heterocycles. The minimum Gasteiger partial charge on any atom is -0.358 e. The maximum atomic E-state index is 13.9. The molecular weight excluding hydrogens is 347 g/mol. The molecule has 0 spiro atoms. The second-order valence-electron chi connectivity index (χ2n) is 6.03. The molecule has 4 rings (SSSR count). The molecule has 27 heavy (non-hydrogen) atoms. The second kappa shape index (κ2) is 7.36. The summed E-state index contributed by atoms with van der Waals surface area (Å²) in [7, 11) is 1.97. The summed E-state index contributed by atoms with van der Waals surface area (Å²) in [4.78, 5) is 14.8. The molecule has 1 aromatic carbocycles. The van der Waals surface area contributed by atoms with Gasteiger partial charge in [-0.15, -0.1) is 0 Å². The standard InChI is InChI=1S/C19H17FN6O/c1-25(10-11-26-9-8-21-13-26)17-7-6-14(12-22-17)19-23-18(24-27-19)15-4-2-3-5-16(15)20/h2-9,12-13H,10-11H2,1H3. The Hall–Kier alpha value is -3.55. The maximum Gasteiger partial charge on any atom is 0.259 e. The van der Waals surface area contributed by atoms with Gasteiger partial charge in [0.2, 0.25) is 5.82 Å². The van der Waals surface area contributed by atoms with Crippen LogP contribution in [0.3, 0.4) is 0 Å². The van der Waals surface area contributed by atoms with Crippen molar-refractivity contribution in [3.05, 3.63) is 67.1 Å². The van der Waals surface area contributed by atoms with E-state index in [1.165, 1.54) is 6.07 Å². The average molecular weight is 364 g/mol. The number of halogens is 1. The minimum absolute atomic E-state index is 0.213. The van der Waals surface area contributed by atoms with Gasteiger partial charge in [0.1, 0.15) is 11.6 Å². The van der Waals surface area contributed by atoms with Crippen LogP contribution < -0.4 is 4.90 Å². The van der Waals surface area contributed by atoms with E-state index in [0.717, 1.165) is 18.9 Å². The quantitative estimate of drug-likeness (QED) is 0.523. The van der Waals surface area contributed by atoms with Crippen LogP contribution in [0.4, 0.5) is 10.2 Å². The molecule has 0 amide bonds. The lowest BCUT2D eigenvalue weighted by molar-refractivity contribution is 0.431. The SMILES string of the molecule is CN(CCn1ccnc1)c1ccc(-c2nc(-c3ccccc3F)no2)cn1. The molecule has 0 aliphatic rings. The van der Waals surface area contributed by atoms with Crippen LogP contribution in [0.25, 0.3) is 22.8 Å². The number of nitrogens with zero attached hydrogens (tertiary/aromatic N) is 6. The van der Waals surface area contributed by atoms with Gasteiger partial charge in [0.05, 0.1) is 17.5 Å². The van der Waals surface area contributed by atoms with E-state index in [9.17, 15) is 4.39 Å². The molecule has 0 aliphatic heterocycles. The second-order valence-corrected chi connectivity index (χ2v) is 6.03. The molecule has 0 saturated carbocycles. The van der Waals surface area contributed by atoms with Crippen molar-refractivity contribution >= 4 is 5.82 Å². The molecule has 3 aromatic heterocycles. The topological polar surface area (TPSA) is 72.9 Å². The zero-order chi connectivity index (χ0) is 18.6. The number of anilines is 1. The third-order valence-corrected chi connectivity index (χ3v) is 4.18. The number of hydrogen-bond acceptors (Lipinski definition) is 6. The predicted octanol–water partition coefficient (Wildman–Crippen LogP) is 3.27. The van der Waals surface area contributed by atoms with Gasteiger partial charge < -0.3 is 14.0 Å². The molecule has 0 fully saturated rings. The summed E-state index contributed by atoms with van der Waals surface area (Å²) in [5.41, 5.74) is 0.980. The van der Waals surface area contributed by atoms with Crippen molar-refractivity contribution in [3.8, 4) is 22.8 Å². The molecule has 0 aliphatic carbocycles. The van der Waals surface area contributed by atoms with E-state index in [1.807, 2.05) is 34.8 Å². The Morgan fingerprint density at radius 1 is 1.19 bits per heavy atom. The molecule has 7 nitrogen and oxygen atoms in total. The Labute approximate surface area is 155 Å². The van der Waals surface area contributed by atoms with Crippen LogP contribution >= 0.6 is 0 Å². The van der Waals surface area contributed by atoms with Crippen LogP contribution in [0.1, 0.15) is 0 Å². The van der Waals surface area contributed by atoms with Crippen LogP contribution in [-0.4, -0.2) is 38.3 Å².